The number of hydrogen-bond donors (Lipinski definition) is 2. The third kappa shape index (κ3) is 3.44. The third-order valence-corrected chi connectivity index (χ3v) is 2.73. The van der Waals surface area contributed by atoms with Gasteiger partial charge >= 0.3 is 0 Å². The van der Waals surface area contributed by atoms with Crippen LogP contribution in [0.3, 0.4) is 0 Å². The fourth-order valence-corrected chi connectivity index (χ4v) is 1.84. The van der Waals surface area contributed by atoms with Gasteiger partial charge in [0, 0.05) is 32.6 Å². The van der Waals surface area contributed by atoms with Crippen LogP contribution in [0.5, 0.6) is 0 Å². The monoisotopic (exact) mass is 230 g/mol. The lowest BCUT2D eigenvalue weighted by atomic mass is 10.1. The number of benzene rings is 1. The summed E-state index contributed by atoms with van der Waals surface area (Å²) in [5.74, 6) is 0. The molecule has 0 amide bonds. The maximum atomic E-state index is 5.19. The predicted molar refractivity (Wildman–Crippen MR) is 68.5 cm³/mol. The predicted octanol–water partition coefficient (Wildman–Crippen LogP) is 2.45. The lowest BCUT2D eigenvalue weighted by molar-refractivity contribution is 0.184. The van der Waals surface area contributed by atoms with Crippen LogP contribution >= 0.6 is 0 Å². The molecule has 2 aromatic rings. The molecule has 0 saturated carbocycles. The van der Waals surface area contributed by atoms with Crippen LogP contribution in [0.2, 0.25) is 0 Å². The molecular formula is C14H18N2O. The first-order chi connectivity index (χ1) is 8.40. The first-order valence-electron chi connectivity index (χ1n) is 5.78. The van der Waals surface area contributed by atoms with Crippen molar-refractivity contribution >= 4 is 0 Å². The molecule has 3 nitrogen and oxygen atoms in total. The summed E-state index contributed by atoms with van der Waals surface area (Å²) < 4.78 is 5.19. The van der Waals surface area contributed by atoms with Crippen LogP contribution in [0.4, 0.5) is 0 Å². The maximum absolute atomic E-state index is 5.19. The van der Waals surface area contributed by atoms with Crippen LogP contribution in [0.25, 0.3) is 0 Å². The highest BCUT2D eigenvalue weighted by Gasteiger charge is 2.00. The molecule has 0 aliphatic heterocycles. The Morgan fingerprint density at radius 1 is 1.12 bits per heavy atom. The van der Waals surface area contributed by atoms with E-state index < -0.39 is 0 Å². The molecule has 2 rings (SSSR count). The zero-order chi connectivity index (χ0) is 11.9. The van der Waals surface area contributed by atoms with Gasteiger partial charge in [-0.1, -0.05) is 24.3 Å². The van der Waals surface area contributed by atoms with Crippen LogP contribution in [-0.4, -0.2) is 12.1 Å². The minimum atomic E-state index is 0.669. The Labute approximate surface area is 102 Å². The number of aromatic nitrogens is 1. The molecule has 0 bridgehead atoms. The Morgan fingerprint density at radius 2 is 1.94 bits per heavy atom. The number of nitrogens with one attached hydrogen (secondary N) is 2. The molecule has 3 heteroatoms. The van der Waals surface area contributed by atoms with E-state index in [2.05, 4.69) is 34.6 Å². The van der Waals surface area contributed by atoms with Gasteiger partial charge < -0.3 is 15.0 Å². The van der Waals surface area contributed by atoms with Crippen molar-refractivity contribution < 1.29 is 4.74 Å². The second-order valence-corrected chi connectivity index (χ2v) is 4.02. The van der Waals surface area contributed by atoms with Gasteiger partial charge in [-0.2, -0.15) is 0 Å². The van der Waals surface area contributed by atoms with Crippen LogP contribution in [-0.2, 0) is 24.4 Å². The largest absolute Gasteiger partial charge is 0.380 e. The van der Waals surface area contributed by atoms with Crippen molar-refractivity contribution in [3.05, 3.63) is 59.4 Å². The van der Waals surface area contributed by atoms with Gasteiger partial charge in [-0.3, -0.25) is 0 Å². The van der Waals surface area contributed by atoms with Gasteiger partial charge in [-0.05, 0) is 22.8 Å². The molecule has 0 aliphatic rings. The van der Waals surface area contributed by atoms with E-state index in [0.717, 1.165) is 13.1 Å². The van der Waals surface area contributed by atoms with Gasteiger partial charge in [0.25, 0.3) is 0 Å². The molecule has 0 atom stereocenters. The van der Waals surface area contributed by atoms with Crippen molar-refractivity contribution in [1.29, 1.82) is 0 Å². The first-order valence-corrected chi connectivity index (χ1v) is 5.78. The van der Waals surface area contributed by atoms with E-state index >= 15 is 0 Å². The van der Waals surface area contributed by atoms with Crippen molar-refractivity contribution in [2.45, 2.75) is 19.7 Å². The van der Waals surface area contributed by atoms with E-state index in [4.69, 9.17) is 4.74 Å². The number of rotatable bonds is 6. The minimum absolute atomic E-state index is 0.669. The fourth-order valence-electron chi connectivity index (χ4n) is 1.84. The second kappa shape index (κ2) is 6.23. The highest BCUT2D eigenvalue weighted by atomic mass is 16.5. The average Bonchev–Trinajstić information content (AvgIpc) is 2.85. The van der Waals surface area contributed by atoms with Gasteiger partial charge in [-0.25, -0.2) is 0 Å². The van der Waals surface area contributed by atoms with Crippen molar-refractivity contribution in [2.24, 2.45) is 0 Å². The molecule has 0 fully saturated rings. The summed E-state index contributed by atoms with van der Waals surface area (Å²) in [6.07, 6.45) is 3.95. The SMILES string of the molecule is COCc1ccccc1CNCc1cc[nH]c1. The average molecular weight is 230 g/mol. The summed E-state index contributed by atoms with van der Waals surface area (Å²) in [6, 6.07) is 10.4. The molecule has 90 valence electrons. The first kappa shape index (κ1) is 11.9. The molecular weight excluding hydrogens is 212 g/mol. The molecule has 0 unspecified atom stereocenters. The standard InChI is InChI=1S/C14H18N2O/c1-17-11-14-5-3-2-4-13(14)10-16-9-12-6-7-15-8-12/h2-8,15-16H,9-11H2,1H3. The maximum Gasteiger partial charge on any atom is 0.0716 e. The summed E-state index contributed by atoms with van der Waals surface area (Å²) in [6.45, 7) is 2.41. The molecule has 1 aromatic heterocycles. The smallest absolute Gasteiger partial charge is 0.0716 e. The van der Waals surface area contributed by atoms with Crippen molar-refractivity contribution in [3.8, 4) is 0 Å². The quantitative estimate of drug-likeness (QED) is 0.799. The normalized spacial score (nSPS) is 10.6. The molecule has 0 spiro atoms. The zero-order valence-electron chi connectivity index (χ0n) is 10.1. The lowest BCUT2D eigenvalue weighted by Gasteiger charge is -2.09. The second-order valence-electron chi connectivity index (χ2n) is 4.02. The van der Waals surface area contributed by atoms with Crippen LogP contribution < -0.4 is 5.32 Å². The van der Waals surface area contributed by atoms with Crippen LogP contribution in [0.15, 0.2) is 42.7 Å². The topological polar surface area (TPSA) is 37.0 Å². The van der Waals surface area contributed by atoms with E-state index in [-0.39, 0.29) is 0 Å². The molecule has 0 saturated heterocycles. The molecule has 1 aromatic carbocycles. The van der Waals surface area contributed by atoms with Gasteiger partial charge in [0.15, 0.2) is 0 Å². The van der Waals surface area contributed by atoms with Crippen molar-refractivity contribution in [2.75, 3.05) is 7.11 Å². The number of hydrogen-bond acceptors (Lipinski definition) is 2. The molecule has 0 aliphatic carbocycles. The molecule has 0 radical (unpaired) electrons. The van der Waals surface area contributed by atoms with Crippen molar-refractivity contribution in [3.63, 3.8) is 0 Å². The lowest BCUT2D eigenvalue weighted by Crippen LogP contribution is -2.13. The molecule has 1 heterocycles. The third-order valence-electron chi connectivity index (χ3n) is 2.73. The Hall–Kier alpha value is -1.58. The van der Waals surface area contributed by atoms with Gasteiger partial charge in [0.1, 0.15) is 0 Å². The van der Waals surface area contributed by atoms with Gasteiger partial charge in [0.2, 0.25) is 0 Å². The van der Waals surface area contributed by atoms with Gasteiger partial charge in [-0.15, -0.1) is 0 Å². The van der Waals surface area contributed by atoms with E-state index in [1.165, 1.54) is 16.7 Å². The van der Waals surface area contributed by atoms with E-state index in [0.29, 0.717) is 6.61 Å². The summed E-state index contributed by atoms with van der Waals surface area (Å²) >= 11 is 0. The summed E-state index contributed by atoms with van der Waals surface area (Å²) in [5.41, 5.74) is 3.82. The van der Waals surface area contributed by atoms with E-state index in [1.54, 1.807) is 7.11 Å². The number of ether oxygens (including phenoxy) is 1. The number of H-pyrrole nitrogens is 1. The van der Waals surface area contributed by atoms with Crippen molar-refractivity contribution in [1.82, 2.24) is 10.3 Å². The fraction of sp³-hybridized carbons (Fsp3) is 0.286. The highest BCUT2D eigenvalue weighted by molar-refractivity contribution is 5.26. The summed E-state index contributed by atoms with van der Waals surface area (Å²) in [7, 11) is 1.73. The van der Waals surface area contributed by atoms with E-state index in [9.17, 15) is 0 Å². The van der Waals surface area contributed by atoms with Gasteiger partial charge in [0.05, 0.1) is 6.61 Å². The summed E-state index contributed by atoms with van der Waals surface area (Å²) in [4.78, 5) is 3.05. The van der Waals surface area contributed by atoms with E-state index in [1.807, 2.05) is 18.5 Å². The van der Waals surface area contributed by atoms with Crippen LogP contribution in [0, 0.1) is 0 Å². The Morgan fingerprint density at radius 3 is 2.65 bits per heavy atom. The van der Waals surface area contributed by atoms with Crippen LogP contribution in [0.1, 0.15) is 16.7 Å². The highest BCUT2D eigenvalue weighted by Crippen LogP contribution is 2.09. The summed E-state index contributed by atoms with van der Waals surface area (Å²) in [5, 5.41) is 3.43. The molecule has 17 heavy (non-hydrogen) atoms. The Balaban J connectivity index is 1.89. The minimum Gasteiger partial charge on any atom is -0.380 e. The number of methoxy groups -OCH3 is 1. The zero-order valence-corrected chi connectivity index (χ0v) is 10.1. The Bertz CT molecular complexity index is 437. The molecule has 2 N–H and O–H groups in total. The number of aromatic amines is 1. The Kier molecular flexibility index (Phi) is 4.36.